The van der Waals surface area contributed by atoms with Gasteiger partial charge in [0.2, 0.25) is 5.16 Å². The number of hydrogen-bond acceptors (Lipinski definition) is 4. The van der Waals surface area contributed by atoms with Crippen molar-refractivity contribution < 1.29 is 0 Å². The smallest absolute Gasteiger partial charge is 0.195 e. The van der Waals surface area contributed by atoms with E-state index in [1.165, 1.54) is 11.1 Å². The molecule has 4 nitrogen and oxygen atoms in total. The molecule has 6 heteroatoms. The van der Waals surface area contributed by atoms with Crippen LogP contribution in [0.2, 0.25) is 5.02 Å². The summed E-state index contributed by atoms with van der Waals surface area (Å²) in [4.78, 5) is 0. The van der Waals surface area contributed by atoms with Gasteiger partial charge in [0, 0.05) is 10.8 Å². The van der Waals surface area contributed by atoms with Gasteiger partial charge in [-0.2, -0.15) is 9.78 Å². The lowest BCUT2D eigenvalue weighted by atomic mass is 10.1. The van der Waals surface area contributed by atoms with Crippen LogP contribution < -0.4 is 0 Å². The third-order valence-corrected chi connectivity index (χ3v) is 4.76. The zero-order valence-corrected chi connectivity index (χ0v) is 14.8. The van der Waals surface area contributed by atoms with Gasteiger partial charge in [0.05, 0.1) is 6.21 Å². The Balaban J connectivity index is 1.65. The van der Waals surface area contributed by atoms with Gasteiger partial charge in [-0.1, -0.05) is 66.7 Å². The summed E-state index contributed by atoms with van der Waals surface area (Å²) >= 11 is 7.49. The molecule has 0 amide bonds. The van der Waals surface area contributed by atoms with Crippen molar-refractivity contribution in [2.45, 2.75) is 24.3 Å². The van der Waals surface area contributed by atoms with E-state index >= 15 is 0 Å². The van der Waals surface area contributed by atoms with Gasteiger partial charge in [-0.25, -0.2) is 0 Å². The van der Waals surface area contributed by atoms with Crippen LogP contribution in [0.1, 0.15) is 23.6 Å². The van der Waals surface area contributed by atoms with Crippen molar-refractivity contribution in [2.75, 3.05) is 0 Å². The molecule has 0 saturated carbocycles. The molecule has 0 fully saturated rings. The fourth-order valence-corrected chi connectivity index (χ4v) is 3.04. The first-order valence-corrected chi connectivity index (χ1v) is 9.01. The Morgan fingerprint density at radius 3 is 2.50 bits per heavy atom. The summed E-state index contributed by atoms with van der Waals surface area (Å²) in [6, 6.07) is 16.2. The van der Waals surface area contributed by atoms with E-state index in [1.807, 2.05) is 30.5 Å². The molecule has 0 saturated heterocycles. The SMILES string of the molecule is CCc1ccc(/C=N\n2cnnc2SCc2ccc(Cl)cc2)cc1. The van der Waals surface area contributed by atoms with E-state index in [-0.39, 0.29) is 0 Å². The predicted molar refractivity (Wildman–Crippen MR) is 99.8 cm³/mol. The van der Waals surface area contributed by atoms with Crippen molar-refractivity contribution in [3.05, 3.63) is 76.6 Å². The molecule has 0 aliphatic heterocycles. The fourth-order valence-electron chi connectivity index (χ4n) is 2.09. The van der Waals surface area contributed by atoms with Crippen molar-refractivity contribution in [3.63, 3.8) is 0 Å². The highest BCUT2D eigenvalue weighted by atomic mass is 35.5. The standard InChI is InChI=1S/C18H17ClN4S/c1-2-14-3-5-15(6-4-14)11-21-23-13-20-22-18(23)24-12-16-7-9-17(19)10-8-16/h3-11,13H,2,12H2,1H3/b21-11-. The van der Waals surface area contributed by atoms with Crippen molar-refractivity contribution in [1.29, 1.82) is 0 Å². The van der Waals surface area contributed by atoms with E-state index in [0.717, 1.165) is 27.9 Å². The van der Waals surface area contributed by atoms with Gasteiger partial charge >= 0.3 is 0 Å². The highest BCUT2D eigenvalue weighted by Gasteiger charge is 2.04. The Kier molecular flexibility index (Phi) is 5.67. The number of halogens is 1. The van der Waals surface area contributed by atoms with Gasteiger partial charge in [-0.3, -0.25) is 0 Å². The number of nitrogens with zero attached hydrogens (tertiary/aromatic N) is 4. The first-order valence-electron chi connectivity index (χ1n) is 7.65. The molecule has 0 atom stereocenters. The normalized spacial score (nSPS) is 11.2. The van der Waals surface area contributed by atoms with Crippen LogP contribution in [-0.2, 0) is 12.2 Å². The van der Waals surface area contributed by atoms with E-state index in [1.54, 1.807) is 22.8 Å². The van der Waals surface area contributed by atoms with Crippen molar-refractivity contribution in [2.24, 2.45) is 5.10 Å². The molecule has 24 heavy (non-hydrogen) atoms. The fraction of sp³-hybridized carbons (Fsp3) is 0.167. The number of aryl methyl sites for hydroxylation is 1. The van der Waals surface area contributed by atoms with E-state index in [9.17, 15) is 0 Å². The highest BCUT2D eigenvalue weighted by Crippen LogP contribution is 2.21. The molecule has 1 aromatic heterocycles. The highest BCUT2D eigenvalue weighted by molar-refractivity contribution is 7.98. The Morgan fingerprint density at radius 1 is 1.08 bits per heavy atom. The summed E-state index contributed by atoms with van der Waals surface area (Å²) in [5.74, 6) is 0.788. The van der Waals surface area contributed by atoms with Crippen LogP contribution >= 0.6 is 23.4 Å². The van der Waals surface area contributed by atoms with E-state index in [0.29, 0.717) is 0 Å². The van der Waals surface area contributed by atoms with Gasteiger partial charge in [-0.05, 0) is 35.2 Å². The quantitative estimate of drug-likeness (QED) is 0.476. The van der Waals surface area contributed by atoms with E-state index in [4.69, 9.17) is 11.6 Å². The van der Waals surface area contributed by atoms with E-state index in [2.05, 4.69) is 46.5 Å². The average molecular weight is 357 g/mol. The van der Waals surface area contributed by atoms with Crippen LogP contribution in [0.5, 0.6) is 0 Å². The molecule has 0 unspecified atom stereocenters. The topological polar surface area (TPSA) is 43.1 Å². The number of aromatic nitrogens is 3. The summed E-state index contributed by atoms with van der Waals surface area (Å²) < 4.78 is 1.69. The monoisotopic (exact) mass is 356 g/mol. The minimum Gasteiger partial charge on any atom is -0.195 e. The lowest BCUT2D eigenvalue weighted by molar-refractivity contribution is 0.767. The first-order chi connectivity index (χ1) is 11.7. The largest absolute Gasteiger partial charge is 0.212 e. The third-order valence-electron chi connectivity index (χ3n) is 3.50. The van der Waals surface area contributed by atoms with Crippen LogP contribution in [-0.4, -0.2) is 21.1 Å². The second-order valence-corrected chi connectivity index (χ2v) is 6.59. The number of hydrogen-bond donors (Lipinski definition) is 0. The van der Waals surface area contributed by atoms with Gasteiger partial charge in [0.1, 0.15) is 6.33 Å². The lowest BCUT2D eigenvalue weighted by Gasteiger charge is -2.02. The minimum absolute atomic E-state index is 0.741. The molecule has 2 aromatic carbocycles. The first kappa shape index (κ1) is 16.7. The van der Waals surface area contributed by atoms with Gasteiger partial charge < -0.3 is 0 Å². The molecule has 0 radical (unpaired) electrons. The van der Waals surface area contributed by atoms with Crippen LogP contribution in [0, 0.1) is 0 Å². The second-order valence-electron chi connectivity index (χ2n) is 5.21. The zero-order chi connectivity index (χ0) is 16.8. The Morgan fingerprint density at radius 2 is 1.79 bits per heavy atom. The lowest BCUT2D eigenvalue weighted by Crippen LogP contribution is -1.93. The number of thioether (sulfide) groups is 1. The maximum atomic E-state index is 5.90. The Bertz CT molecular complexity index is 810. The molecule has 3 aromatic rings. The van der Waals surface area contributed by atoms with Gasteiger partial charge in [0.25, 0.3) is 0 Å². The van der Waals surface area contributed by atoms with Crippen molar-refractivity contribution in [1.82, 2.24) is 14.9 Å². The van der Waals surface area contributed by atoms with Crippen LogP contribution in [0.3, 0.4) is 0 Å². The Hall–Kier alpha value is -2.11. The molecule has 122 valence electrons. The number of benzene rings is 2. The molecule has 0 N–H and O–H groups in total. The molecular formula is C18H17ClN4S. The minimum atomic E-state index is 0.741. The zero-order valence-electron chi connectivity index (χ0n) is 13.3. The molecule has 3 rings (SSSR count). The average Bonchev–Trinajstić information content (AvgIpc) is 3.07. The molecule has 0 aliphatic carbocycles. The van der Waals surface area contributed by atoms with Crippen LogP contribution in [0.15, 0.2) is 65.1 Å². The molecular weight excluding hydrogens is 340 g/mol. The molecule has 0 aliphatic rings. The number of rotatable bonds is 6. The molecule has 1 heterocycles. The van der Waals surface area contributed by atoms with E-state index < -0.39 is 0 Å². The predicted octanol–water partition coefficient (Wildman–Crippen LogP) is 4.67. The summed E-state index contributed by atoms with van der Waals surface area (Å²) in [5, 5.41) is 14.0. The Labute approximate surface area is 150 Å². The van der Waals surface area contributed by atoms with Gasteiger partial charge in [0.15, 0.2) is 0 Å². The maximum Gasteiger partial charge on any atom is 0.212 e. The molecule has 0 spiro atoms. The third kappa shape index (κ3) is 4.46. The summed E-state index contributed by atoms with van der Waals surface area (Å²) in [6.07, 6.45) is 4.46. The summed E-state index contributed by atoms with van der Waals surface area (Å²) in [6.45, 7) is 2.14. The van der Waals surface area contributed by atoms with Crippen LogP contribution in [0.25, 0.3) is 0 Å². The summed E-state index contributed by atoms with van der Waals surface area (Å²) in [5.41, 5.74) is 3.54. The maximum absolute atomic E-state index is 5.90. The van der Waals surface area contributed by atoms with Gasteiger partial charge in [-0.15, -0.1) is 10.2 Å². The summed E-state index contributed by atoms with van der Waals surface area (Å²) in [7, 11) is 0. The van der Waals surface area contributed by atoms with Crippen LogP contribution in [0.4, 0.5) is 0 Å². The second kappa shape index (κ2) is 8.13. The molecule has 0 bridgehead atoms. The van der Waals surface area contributed by atoms with Crippen molar-refractivity contribution >= 4 is 29.6 Å². The van der Waals surface area contributed by atoms with Crippen molar-refractivity contribution in [3.8, 4) is 0 Å².